The molecule has 4 nitrogen and oxygen atoms in total. The molecule has 25 heavy (non-hydrogen) atoms. The largest absolute Gasteiger partial charge is 0.321 e. The quantitative estimate of drug-likeness (QED) is 0.723. The molecule has 1 aromatic heterocycles. The van der Waals surface area contributed by atoms with Gasteiger partial charge in [-0.1, -0.05) is 37.3 Å². The minimum Gasteiger partial charge on any atom is -0.321 e. The van der Waals surface area contributed by atoms with E-state index in [1.807, 2.05) is 31.2 Å². The number of amides is 1. The third-order valence-corrected chi connectivity index (χ3v) is 7.06. The fourth-order valence-corrected chi connectivity index (χ4v) is 4.99. The zero-order valence-electron chi connectivity index (χ0n) is 13.6. The molecule has 0 unspecified atom stereocenters. The molecular formula is C19H17NO3S2. The standard InChI is InChI=1S/C19H17NO3S2/c1-2-14-7-6-8-15(13-14)20-19(21)17-11-12-18(24-17)25(22,23)16-9-4-3-5-10-16/h3-13H,2H2,1H3,(H,20,21). The molecule has 3 aromatic rings. The second kappa shape index (κ2) is 7.21. The van der Waals surface area contributed by atoms with Crippen molar-refractivity contribution in [3.63, 3.8) is 0 Å². The summed E-state index contributed by atoms with van der Waals surface area (Å²) >= 11 is 0.972. The summed E-state index contributed by atoms with van der Waals surface area (Å²) < 4.78 is 25.3. The molecule has 0 aliphatic carbocycles. The highest BCUT2D eigenvalue weighted by Gasteiger charge is 2.21. The Labute approximate surface area is 151 Å². The van der Waals surface area contributed by atoms with Crippen LogP contribution in [0.3, 0.4) is 0 Å². The van der Waals surface area contributed by atoms with Crippen molar-refractivity contribution >= 4 is 32.8 Å². The van der Waals surface area contributed by atoms with Crippen LogP contribution < -0.4 is 5.32 Å². The van der Waals surface area contributed by atoms with E-state index in [-0.39, 0.29) is 15.0 Å². The molecule has 1 amide bonds. The average Bonchev–Trinajstić information content (AvgIpc) is 3.14. The summed E-state index contributed by atoms with van der Waals surface area (Å²) in [5.74, 6) is -0.312. The molecule has 0 saturated heterocycles. The zero-order chi connectivity index (χ0) is 17.9. The predicted molar refractivity (Wildman–Crippen MR) is 100.0 cm³/mol. The van der Waals surface area contributed by atoms with Crippen molar-refractivity contribution < 1.29 is 13.2 Å². The first kappa shape index (κ1) is 17.4. The molecule has 0 aliphatic heterocycles. The number of aryl methyl sites for hydroxylation is 1. The second-order valence-electron chi connectivity index (χ2n) is 5.44. The minimum absolute atomic E-state index is 0.158. The Hall–Kier alpha value is -2.44. The topological polar surface area (TPSA) is 63.2 Å². The smallest absolute Gasteiger partial charge is 0.265 e. The van der Waals surface area contributed by atoms with Gasteiger partial charge in [0.1, 0.15) is 4.21 Å². The Bertz CT molecular complexity index is 992. The Morgan fingerprint density at radius 3 is 2.48 bits per heavy atom. The number of nitrogens with one attached hydrogen (secondary N) is 1. The monoisotopic (exact) mass is 371 g/mol. The first-order chi connectivity index (χ1) is 12.0. The minimum atomic E-state index is -3.60. The van der Waals surface area contributed by atoms with E-state index >= 15 is 0 Å². The summed E-state index contributed by atoms with van der Waals surface area (Å²) in [6, 6.07) is 18.8. The van der Waals surface area contributed by atoms with Gasteiger partial charge < -0.3 is 5.32 Å². The van der Waals surface area contributed by atoms with Crippen molar-refractivity contribution in [1.82, 2.24) is 0 Å². The van der Waals surface area contributed by atoms with Gasteiger partial charge in [-0.05, 0) is 48.4 Å². The van der Waals surface area contributed by atoms with Gasteiger partial charge in [-0.3, -0.25) is 4.79 Å². The molecule has 3 rings (SSSR count). The van der Waals surface area contributed by atoms with E-state index in [1.54, 1.807) is 36.4 Å². The van der Waals surface area contributed by atoms with E-state index in [0.717, 1.165) is 23.3 Å². The number of benzene rings is 2. The molecule has 0 aliphatic rings. The number of carbonyl (C=O) groups is 1. The molecule has 128 valence electrons. The van der Waals surface area contributed by atoms with E-state index in [1.165, 1.54) is 6.07 Å². The van der Waals surface area contributed by atoms with E-state index < -0.39 is 9.84 Å². The molecule has 0 spiro atoms. The van der Waals surface area contributed by atoms with E-state index in [2.05, 4.69) is 5.32 Å². The van der Waals surface area contributed by atoms with Gasteiger partial charge in [0, 0.05) is 5.69 Å². The Morgan fingerprint density at radius 1 is 1.00 bits per heavy atom. The fraction of sp³-hybridized carbons (Fsp3) is 0.105. The number of hydrogen-bond donors (Lipinski definition) is 1. The van der Waals surface area contributed by atoms with Crippen LogP contribution in [-0.2, 0) is 16.3 Å². The van der Waals surface area contributed by atoms with E-state index in [9.17, 15) is 13.2 Å². The van der Waals surface area contributed by atoms with Crippen LogP contribution in [0.15, 0.2) is 75.8 Å². The predicted octanol–water partition coefficient (Wildman–Crippen LogP) is 4.40. The lowest BCUT2D eigenvalue weighted by molar-refractivity contribution is 0.103. The van der Waals surface area contributed by atoms with Gasteiger partial charge in [-0.15, -0.1) is 11.3 Å². The Balaban J connectivity index is 1.82. The third-order valence-electron chi connectivity index (χ3n) is 3.72. The molecule has 0 radical (unpaired) electrons. The maximum Gasteiger partial charge on any atom is 0.265 e. The van der Waals surface area contributed by atoms with Crippen LogP contribution in [0, 0.1) is 0 Å². The van der Waals surface area contributed by atoms with Gasteiger partial charge in [0.15, 0.2) is 0 Å². The van der Waals surface area contributed by atoms with Crippen molar-refractivity contribution in [3.05, 3.63) is 77.2 Å². The highest BCUT2D eigenvalue weighted by molar-refractivity contribution is 7.93. The van der Waals surface area contributed by atoms with Gasteiger partial charge in [-0.2, -0.15) is 0 Å². The summed E-state index contributed by atoms with van der Waals surface area (Å²) in [7, 11) is -3.60. The lowest BCUT2D eigenvalue weighted by Crippen LogP contribution is -2.10. The lowest BCUT2D eigenvalue weighted by atomic mass is 10.1. The molecule has 0 fully saturated rings. The molecule has 0 atom stereocenters. The zero-order valence-corrected chi connectivity index (χ0v) is 15.2. The van der Waals surface area contributed by atoms with Crippen LogP contribution in [0.1, 0.15) is 22.2 Å². The highest BCUT2D eigenvalue weighted by atomic mass is 32.2. The summed E-state index contributed by atoms with van der Waals surface area (Å²) in [5, 5.41) is 2.81. The van der Waals surface area contributed by atoms with Gasteiger partial charge in [-0.25, -0.2) is 8.42 Å². The molecule has 1 heterocycles. The number of sulfone groups is 1. The number of carbonyl (C=O) groups excluding carboxylic acids is 1. The third kappa shape index (κ3) is 3.81. The first-order valence-electron chi connectivity index (χ1n) is 7.81. The van der Waals surface area contributed by atoms with E-state index in [4.69, 9.17) is 0 Å². The Morgan fingerprint density at radius 2 is 1.76 bits per heavy atom. The molecule has 0 saturated carbocycles. The number of hydrogen-bond acceptors (Lipinski definition) is 4. The molecule has 2 aromatic carbocycles. The van der Waals surface area contributed by atoms with Crippen LogP contribution >= 0.6 is 11.3 Å². The highest BCUT2D eigenvalue weighted by Crippen LogP contribution is 2.28. The fourth-order valence-electron chi connectivity index (χ4n) is 2.36. The normalized spacial score (nSPS) is 11.2. The number of anilines is 1. The van der Waals surface area contributed by atoms with Crippen LogP contribution in [0.5, 0.6) is 0 Å². The van der Waals surface area contributed by atoms with Crippen molar-refractivity contribution in [2.24, 2.45) is 0 Å². The second-order valence-corrected chi connectivity index (χ2v) is 8.70. The average molecular weight is 371 g/mol. The molecular weight excluding hydrogens is 354 g/mol. The SMILES string of the molecule is CCc1cccc(NC(=O)c2ccc(S(=O)(=O)c3ccccc3)s2)c1. The summed E-state index contributed by atoms with van der Waals surface area (Å²) in [6.45, 7) is 2.04. The van der Waals surface area contributed by atoms with Gasteiger partial charge in [0.25, 0.3) is 5.91 Å². The molecule has 1 N–H and O–H groups in total. The van der Waals surface area contributed by atoms with Crippen LogP contribution in [-0.4, -0.2) is 14.3 Å². The number of thiophene rings is 1. The van der Waals surface area contributed by atoms with E-state index in [0.29, 0.717) is 10.6 Å². The van der Waals surface area contributed by atoms with Crippen LogP contribution in [0.2, 0.25) is 0 Å². The maximum atomic E-state index is 12.6. The van der Waals surface area contributed by atoms with Crippen LogP contribution in [0.25, 0.3) is 0 Å². The van der Waals surface area contributed by atoms with Crippen molar-refractivity contribution in [2.45, 2.75) is 22.4 Å². The van der Waals surface area contributed by atoms with Crippen molar-refractivity contribution in [1.29, 1.82) is 0 Å². The molecule has 0 bridgehead atoms. The maximum absolute atomic E-state index is 12.6. The van der Waals surface area contributed by atoms with Gasteiger partial charge in [0.2, 0.25) is 9.84 Å². The lowest BCUT2D eigenvalue weighted by Gasteiger charge is -2.05. The first-order valence-corrected chi connectivity index (χ1v) is 10.1. The van der Waals surface area contributed by atoms with Crippen molar-refractivity contribution in [2.75, 3.05) is 5.32 Å². The van der Waals surface area contributed by atoms with Gasteiger partial charge in [0.05, 0.1) is 9.77 Å². The number of rotatable bonds is 5. The summed E-state index contributed by atoms with van der Waals surface area (Å²) in [4.78, 5) is 13.0. The van der Waals surface area contributed by atoms with Gasteiger partial charge >= 0.3 is 0 Å². The summed E-state index contributed by atoms with van der Waals surface area (Å²) in [5.41, 5.74) is 1.82. The molecule has 6 heteroatoms. The Kier molecular flexibility index (Phi) is 5.01. The summed E-state index contributed by atoms with van der Waals surface area (Å²) in [6.07, 6.45) is 0.877. The van der Waals surface area contributed by atoms with Crippen molar-refractivity contribution in [3.8, 4) is 0 Å². The van der Waals surface area contributed by atoms with Crippen LogP contribution in [0.4, 0.5) is 5.69 Å².